The van der Waals surface area contributed by atoms with Gasteiger partial charge in [0.2, 0.25) is 5.91 Å². The molecule has 0 bridgehead atoms. The molecule has 2 aromatic heterocycles. The number of carbonyl (C=O) groups excluding carboxylic acids is 1. The number of amides is 1. The summed E-state index contributed by atoms with van der Waals surface area (Å²) in [6.07, 6.45) is 1.59. The maximum Gasteiger partial charge on any atom is 0.420 e. The Morgan fingerprint density at radius 1 is 1.19 bits per heavy atom. The van der Waals surface area contributed by atoms with Gasteiger partial charge < -0.3 is 19.9 Å². The van der Waals surface area contributed by atoms with Crippen molar-refractivity contribution in [1.82, 2.24) is 9.55 Å². The van der Waals surface area contributed by atoms with Gasteiger partial charge in [0.25, 0.3) is 6.01 Å². The van der Waals surface area contributed by atoms with Gasteiger partial charge in [0.1, 0.15) is 6.54 Å². The Hall–Kier alpha value is -3.52. The first-order valence-corrected chi connectivity index (χ1v) is 8.28. The van der Waals surface area contributed by atoms with E-state index in [0.29, 0.717) is 27.6 Å². The van der Waals surface area contributed by atoms with Crippen LogP contribution in [0.4, 0.5) is 11.7 Å². The zero-order chi connectivity index (χ0) is 19.0. The SMILES string of the molecule is NC(=O)Cn1c(=O)oc2ccc(Nc3ncc(-c4ccc(Cl)cc4)o3)cc21. The van der Waals surface area contributed by atoms with Crippen LogP contribution in [0, 0.1) is 0 Å². The van der Waals surface area contributed by atoms with E-state index in [2.05, 4.69) is 10.3 Å². The Balaban J connectivity index is 1.63. The molecule has 1 amide bonds. The van der Waals surface area contributed by atoms with Crippen LogP contribution in [-0.2, 0) is 11.3 Å². The number of rotatable bonds is 5. The van der Waals surface area contributed by atoms with Crippen LogP contribution < -0.4 is 16.8 Å². The number of oxazole rings is 2. The number of hydrogen-bond donors (Lipinski definition) is 2. The Bertz CT molecular complexity index is 1190. The van der Waals surface area contributed by atoms with Crippen molar-refractivity contribution in [2.45, 2.75) is 6.54 Å². The highest BCUT2D eigenvalue weighted by Gasteiger charge is 2.13. The van der Waals surface area contributed by atoms with Crippen molar-refractivity contribution >= 4 is 40.3 Å². The number of primary amides is 1. The normalized spacial score (nSPS) is 11.0. The van der Waals surface area contributed by atoms with E-state index in [1.807, 2.05) is 12.1 Å². The van der Waals surface area contributed by atoms with E-state index < -0.39 is 11.7 Å². The largest absolute Gasteiger partial charge is 0.423 e. The summed E-state index contributed by atoms with van der Waals surface area (Å²) in [6.45, 7) is -0.269. The molecule has 8 nitrogen and oxygen atoms in total. The number of nitrogens with zero attached hydrogens (tertiary/aromatic N) is 2. The second kappa shape index (κ2) is 6.65. The molecule has 0 spiro atoms. The van der Waals surface area contributed by atoms with E-state index in [-0.39, 0.29) is 12.6 Å². The van der Waals surface area contributed by atoms with Gasteiger partial charge in [0.15, 0.2) is 11.3 Å². The predicted octanol–water partition coefficient (Wildman–Crippen LogP) is 3.13. The van der Waals surface area contributed by atoms with Crippen molar-refractivity contribution in [3.8, 4) is 11.3 Å². The van der Waals surface area contributed by atoms with E-state index in [1.165, 1.54) is 0 Å². The highest BCUT2D eigenvalue weighted by Crippen LogP contribution is 2.26. The number of carbonyl (C=O) groups is 1. The van der Waals surface area contributed by atoms with Crippen LogP contribution in [0.25, 0.3) is 22.4 Å². The van der Waals surface area contributed by atoms with Crippen molar-refractivity contribution in [3.05, 3.63) is 64.2 Å². The molecule has 3 N–H and O–H groups in total. The van der Waals surface area contributed by atoms with E-state index >= 15 is 0 Å². The van der Waals surface area contributed by atoms with Crippen LogP contribution in [0.1, 0.15) is 0 Å². The van der Waals surface area contributed by atoms with Gasteiger partial charge in [0, 0.05) is 16.3 Å². The third kappa shape index (κ3) is 3.42. The van der Waals surface area contributed by atoms with Gasteiger partial charge in [-0.2, -0.15) is 0 Å². The van der Waals surface area contributed by atoms with Gasteiger partial charge in [-0.1, -0.05) is 11.6 Å². The summed E-state index contributed by atoms with van der Waals surface area (Å²) >= 11 is 5.89. The molecule has 0 saturated carbocycles. The highest BCUT2D eigenvalue weighted by atomic mass is 35.5. The molecule has 0 aliphatic carbocycles. The standard InChI is InChI=1S/C18H13ClN4O4/c19-11-3-1-10(2-4-11)15-8-21-17(26-15)22-12-5-6-14-13(7-12)23(9-16(20)24)18(25)27-14/h1-8H,9H2,(H2,20,24)(H,21,22). The first-order valence-electron chi connectivity index (χ1n) is 7.90. The van der Waals surface area contributed by atoms with Crippen LogP contribution in [0.15, 0.2) is 62.3 Å². The second-order valence-electron chi connectivity index (χ2n) is 5.76. The quantitative estimate of drug-likeness (QED) is 0.546. The fraction of sp³-hybridized carbons (Fsp3) is 0.0556. The number of hydrogen-bond acceptors (Lipinski definition) is 6. The minimum absolute atomic E-state index is 0.269. The summed E-state index contributed by atoms with van der Waals surface area (Å²) in [7, 11) is 0. The van der Waals surface area contributed by atoms with Crippen LogP contribution in [0.5, 0.6) is 0 Å². The number of anilines is 2. The predicted molar refractivity (Wildman–Crippen MR) is 99.9 cm³/mol. The van der Waals surface area contributed by atoms with E-state index in [1.54, 1.807) is 36.5 Å². The van der Waals surface area contributed by atoms with Gasteiger partial charge >= 0.3 is 5.76 Å². The fourth-order valence-electron chi connectivity index (χ4n) is 2.65. The van der Waals surface area contributed by atoms with E-state index in [0.717, 1.165) is 10.1 Å². The average Bonchev–Trinajstić information content (AvgIpc) is 3.21. The molecule has 0 saturated heterocycles. The Kier molecular flexibility index (Phi) is 4.17. The monoisotopic (exact) mass is 384 g/mol. The molecule has 4 rings (SSSR count). The lowest BCUT2D eigenvalue weighted by Gasteiger charge is -2.03. The Morgan fingerprint density at radius 2 is 1.96 bits per heavy atom. The summed E-state index contributed by atoms with van der Waals surface area (Å²) < 4.78 is 12.0. The molecule has 0 radical (unpaired) electrons. The number of nitrogens with one attached hydrogen (secondary N) is 1. The molecule has 0 fully saturated rings. The first-order chi connectivity index (χ1) is 13.0. The molecule has 0 unspecified atom stereocenters. The lowest BCUT2D eigenvalue weighted by molar-refractivity contribution is -0.118. The summed E-state index contributed by atoms with van der Waals surface area (Å²) in [6, 6.07) is 12.4. The molecular formula is C18H13ClN4O4. The molecule has 2 heterocycles. The topological polar surface area (TPSA) is 116 Å². The minimum Gasteiger partial charge on any atom is -0.423 e. The first kappa shape index (κ1) is 16.9. The van der Waals surface area contributed by atoms with Gasteiger partial charge in [-0.15, -0.1) is 0 Å². The summed E-state index contributed by atoms with van der Waals surface area (Å²) in [5.41, 5.74) is 7.41. The Morgan fingerprint density at radius 3 is 2.70 bits per heavy atom. The number of halogens is 1. The Labute approximate surface area is 157 Å². The minimum atomic E-state index is -0.651. The van der Waals surface area contributed by atoms with Crippen molar-refractivity contribution in [2.75, 3.05) is 5.32 Å². The number of aromatic nitrogens is 2. The van der Waals surface area contributed by atoms with E-state index in [4.69, 9.17) is 26.2 Å². The fourth-order valence-corrected chi connectivity index (χ4v) is 2.77. The molecule has 9 heteroatoms. The van der Waals surface area contributed by atoms with Crippen molar-refractivity contribution in [2.24, 2.45) is 5.73 Å². The number of nitrogens with two attached hydrogens (primary N) is 1. The van der Waals surface area contributed by atoms with Crippen molar-refractivity contribution in [3.63, 3.8) is 0 Å². The third-order valence-electron chi connectivity index (χ3n) is 3.87. The van der Waals surface area contributed by atoms with Crippen LogP contribution in [0.2, 0.25) is 5.02 Å². The average molecular weight is 385 g/mol. The molecule has 2 aromatic carbocycles. The van der Waals surface area contributed by atoms with Crippen molar-refractivity contribution < 1.29 is 13.6 Å². The number of fused-ring (bicyclic) bond motifs is 1. The van der Waals surface area contributed by atoms with Gasteiger partial charge in [-0.25, -0.2) is 9.78 Å². The summed E-state index contributed by atoms with van der Waals surface area (Å²) in [5.74, 6) is -0.718. The summed E-state index contributed by atoms with van der Waals surface area (Å²) in [5, 5.41) is 3.64. The lowest BCUT2D eigenvalue weighted by Crippen LogP contribution is -2.24. The maximum absolute atomic E-state index is 11.9. The molecule has 0 aliphatic rings. The second-order valence-corrected chi connectivity index (χ2v) is 6.20. The highest BCUT2D eigenvalue weighted by molar-refractivity contribution is 6.30. The van der Waals surface area contributed by atoms with Gasteiger partial charge in [0.05, 0.1) is 11.7 Å². The lowest BCUT2D eigenvalue weighted by atomic mass is 10.2. The molecule has 27 heavy (non-hydrogen) atoms. The van der Waals surface area contributed by atoms with Gasteiger partial charge in [-0.05, 0) is 42.5 Å². The smallest absolute Gasteiger partial charge is 0.420 e. The van der Waals surface area contributed by atoms with Gasteiger partial charge in [-0.3, -0.25) is 9.36 Å². The van der Waals surface area contributed by atoms with Crippen LogP contribution >= 0.6 is 11.6 Å². The van der Waals surface area contributed by atoms with Crippen LogP contribution in [-0.4, -0.2) is 15.5 Å². The van der Waals surface area contributed by atoms with Crippen molar-refractivity contribution in [1.29, 1.82) is 0 Å². The summed E-state index contributed by atoms with van der Waals surface area (Å²) in [4.78, 5) is 27.2. The molecule has 4 aromatic rings. The third-order valence-corrected chi connectivity index (χ3v) is 4.12. The zero-order valence-corrected chi connectivity index (χ0v) is 14.6. The maximum atomic E-state index is 11.9. The van der Waals surface area contributed by atoms with Crippen LogP contribution in [0.3, 0.4) is 0 Å². The molecule has 0 aliphatic heterocycles. The molecule has 0 atom stereocenters. The van der Waals surface area contributed by atoms with E-state index in [9.17, 15) is 9.59 Å². The molecular weight excluding hydrogens is 372 g/mol. The number of benzene rings is 2. The zero-order valence-electron chi connectivity index (χ0n) is 13.8. The molecule has 136 valence electrons.